The summed E-state index contributed by atoms with van der Waals surface area (Å²) in [6, 6.07) is 15.5. The van der Waals surface area contributed by atoms with Crippen molar-refractivity contribution in [3.8, 4) is 11.3 Å². The Hall–Kier alpha value is -2.37. The van der Waals surface area contributed by atoms with Gasteiger partial charge in [0.25, 0.3) is 0 Å². The maximum atomic E-state index is 14.0. The van der Waals surface area contributed by atoms with Gasteiger partial charge in [-0.3, -0.25) is 4.90 Å². The summed E-state index contributed by atoms with van der Waals surface area (Å²) < 4.78 is 14.0. The molecule has 3 aromatic rings. The van der Waals surface area contributed by atoms with Crippen molar-refractivity contribution >= 4 is 26.6 Å². The highest BCUT2D eigenvalue weighted by Crippen LogP contribution is 2.41. The molecule has 4 rings (SSSR count). The summed E-state index contributed by atoms with van der Waals surface area (Å²) in [6.45, 7) is 10.5. The van der Waals surface area contributed by atoms with Crippen molar-refractivity contribution in [1.82, 2.24) is 15.2 Å². The zero-order valence-corrected chi connectivity index (χ0v) is 20.3. The van der Waals surface area contributed by atoms with Gasteiger partial charge in [-0.2, -0.15) is 0 Å². The molecular formula is C27H34FN3S. The van der Waals surface area contributed by atoms with Gasteiger partial charge in [0.1, 0.15) is 5.82 Å². The lowest BCUT2D eigenvalue weighted by Crippen LogP contribution is -2.37. The van der Waals surface area contributed by atoms with E-state index < -0.39 is 0 Å². The Morgan fingerprint density at radius 3 is 2.50 bits per heavy atom. The van der Waals surface area contributed by atoms with Crippen LogP contribution in [-0.4, -0.2) is 53.5 Å². The number of benzene rings is 2. The van der Waals surface area contributed by atoms with Crippen molar-refractivity contribution in [2.24, 2.45) is 0 Å². The molecule has 2 heterocycles. The largest absolute Gasteiger partial charge is 0.385 e. The average Bonchev–Trinajstić information content (AvgIpc) is 2.78. The molecule has 0 saturated carbocycles. The summed E-state index contributed by atoms with van der Waals surface area (Å²) in [5.74, 6) is 2.42. The molecule has 3 nitrogen and oxygen atoms in total. The third-order valence-corrected chi connectivity index (χ3v) is 8.84. The van der Waals surface area contributed by atoms with Crippen LogP contribution >= 0.6 is 10.0 Å². The Labute approximate surface area is 193 Å². The van der Waals surface area contributed by atoms with Gasteiger partial charge in [-0.1, -0.05) is 37.8 Å². The first kappa shape index (κ1) is 22.8. The van der Waals surface area contributed by atoms with Crippen molar-refractivity contribution in [1.29, 1.82) is 0 Å². The average molecular weight is 452 g/mol. The molecule has 0 unspecified atom stereocenters. The number of hydrogen-bond acceptors (Lipinski definition) is 3. The minimum Gasteiger partial charge on any atom is -0.385 e. The highest BCUT2D eigenvalue weighted by Gasteiger charge is 2.21. The van der Waals surface area contributed by atoms with Crippen molar-refractivity contribution in [3.05, 3.63) is 72.1 Å². The summed E-state index contributed by atoms with van der Waals surface area (Å²) in [7, 11) is -0.374. The highest BCUT2D eigenvalue weighted by molar-refractivity contribution is 8.32. The second kappa shape index (κ2) is 9.63. The van der Waals surface area contributed by atoms with E-state index in [9.17, 15) is 4.39 Å². The van der Waals surface area contributed by atoms with Crippen LogP contribution in [0.3, 0.4) is 0 Å². The molecule has 0 atom stereocenters. The van der Waals surface area contributed by atoms with E-state index in [0.717, 1.165) is 52.9 Å². The number of pyridine rings is 1. The highest BCUT2D eigenvalue weighted by atomic mass is 32.3. The molecule has 2 aromatic carbocycles. The molecule has 1 saturated heterocycles. The van der Waals surface area contributed by atoms with E-state index in [-0.39, 0.29) is 15.8 Å². The molecule has 1 aliphatic heterocycles. The van der Waals surface area contributed by atoms with Crippen molar-refractivity contribution in [2.45, 2.75) is 19.9 Å². The van der Waals surface area contributed by atoms with E-state index in [1.807, 2.05) is 6.07 Å². The first-order valence-corrected chi connectivity index (χ1v) is 14.2. The fraction of sp³-hybridized carbons (Fsp3) is 0.370. The summed E-state index contributed by atoms with van der Waals surface area (Å²) in [4.78, 5) is 7.40. The Morgan fingerprint density at radius 1 is 1.09 bits per heavy atom. The van der Waals surface area contributed by atoms with Gasteiger partial charge in [0.2, 0.25) is 0 Å². The van der Waals surface area contributed by atoms with E-state index in [1.165, 1.54) is 36.2 Å². The number of rotatable bonds is 7. The van der Waals surface area contributed by atoms with Crippen LogP contribution in [-0.2, 0) is 6.54 Å². The lowest BCUT2D eigenvalue weighted by molar-refractivity contribution is 0.293. The molecule has 0 aliphatic carbocycles. The van der Waals surface area contributed by atoms with Crippen LogP contribution in [0.5, 0.6) is 0 Å². The zero-order chi connectivity index (χ0) is 22.7. The van der Waals surface area contributed by atoms with Crippen LogP contribution in [0.25, 0.3) is 27.9 Å². The molecule has 1 aromatic heterocycles. The molecule has 0 radical (unpaired) electrons. The Balaban J connectivity index is 1.59. The van der Waals surface area contributed by atoms with Crippen LogP contribution in [0, 0.1) is 5.82 Å². The second-order valence-electron chi connectivity index (χ2n) is 9.27. The number of halogens is 1. The molecule has 0 bridgehead atoms. The standard InChI is InChI=1S/C27H34FN3S/c1-5-12-29-20(2)24-18-27(30-26-11-10-23(28)17-25(24)26)22-8-6-21(7-9-22)19-31-13-15-32(3,4)16-14-31/h6-11,17-18,29H,2,5,12-16,19H2,1,3-4H3. The summed E-state index contributed by atoms with van der Waals surface area (Å²) in [5, 5.41) is 4.14. The van der Waals surface area contributed by atoms with Gasteiger partial charge in [0.15, 0.2) is 0 Å². The van der Waals surface area contributed by atoms with Crippen molar-refractivity contribution in [2.75, 3.05) is 43.7 Å². The van der Waals surface area contributed by atoms with E-state index in [0.29, 0.717) is 0 Å². The Bertz CT molecular complexity index is 1100. The molecule has 0 spiro atoms. The minimum absolute atomic E-state index is 0.261. The SMILES string of the molecule is C=C(NCCC)c1cc(-c2ccc(CN3CCS(C)(C)CC3)cc2)nc2ccc(F)cc12. The molecule has 1 N–H and O–H groups in total. The number of hydrogen-bond donors (Lipinski definition) is 1. The van der Waals surface area contributed by atoms with Gasteiger partial charge in [-0.05, 0) is 60.3 Å². The first-order chi connectivity index (χ1) is 15.3. The molecule has 32 heavy (non-hydrogen) atoms. The topological polar surface area (TPSA) is 28.2 Å². The Kier molecular flexibility index (Phi) is 6.87. The normalized spacial score (nSPS) is 17.2. The van der Waals surface area contributed by atoms with E-state index >= 15 is 0 Å². The van der Waals surface area contributed by atoms with E-state index in [2.05, 4.69) is 60.5 Å². The van der Waals surface area contributed by atoms with Gasteiger partial charge in [0, 0.05) is 48.4 Å². The maximum absolute atomic E-state index is 14.0. The summed E-state index contributed by atoms with van der Waals surface area (Å²) in [5.41, 5.74) is 5.77. The predicted octanol–water partition coefficient (Wildman–Crippen LogP) is 5.89. The molecule has 0 amide bonds. The minimum atomic E-state index is -0.374. The van der Waals surface area contributed by atoms with E-state index in [4.69, 9.17) is 4.98 Å². The molecular weight excluding hydrogens is 417 g/mol. The second-order valence-corrected chi connectivity index (χ2v) is 13.6. The van der Waals surface area contributed by atoms with Crippen LogP contribution in [0.1, 0.15) is 24.5 Å². The molecule has 5 heteroatoms. The zero-order valence-electron chi connectivity index (χ0n) is 19.5. The monoisotopic (exact) mass is 451 g/mol. The number of nitrogens with zero attached hydrogens (tertiary/aromatic N) is 2. The van der Waals surface area contributed by atoms with Crippen LogP contribution in [0.4, 0.5) is 4.39 Å². The third kappa shape index (κ3) is 5.33. The molecule has 170 valence electrons. The van der Waals surface area contributed by atoms with Crippen molar-refractivity contribution in [3.63, 3.8) is 0 Å². The Morgan fingerprint density at radius 2 is 1.81 bits per heavy atom. The fourth-order valence-corrected chi connectivity index (χ4v) is 5.84. The van der Waals surface area contributed by atoms with Gasteiger partial charge >= 0.3 is 0 Å². The fourth-order valence-electron chi connectivity index (χ4n) is 4.13. The first-order valence-electron chi connectivity index (χ1n) is 11.4. The van der Waals surface area contributed by atoms with Crippen LogP contribution in [0.15, 0.2) is 55.1 Å². The van der Waals surface area contributed by atoms with Gasteiger partial charge in [-0.25, -0.2) is 19.4 Å². The van der Waals surface area contributed by atoms with E-state index in [1.54, 1.807) is 12.1 Å². The number of nitrogens with one attached hydrogen (secondary N) is 1. The molecule has 1 aliphatic rings. The van der Waals surface area contributed by atoms with Crippen LogP contribution < -0.4 is 5.32 Å². The van der Waals surface area contributed by atoms with Gasteiger partial charge in [0.05, 0.1) is 11.2 Å². The van der Waals surface area contributed by atoms with Gasteiger partial charge in [-0.15, -0.1) is 0 Å². The maximum Gasteiger partial charge on any atom is 0.123 e. The van der Waals surface area contributed by atoms with Crippen molar-refractivity contribution < 1.29 is 4.39 Å². The smallest absolute Gasteiger partial charge is 0.123 e. The quantitative estimate of drug-likeness (QED) is 0.485. The lowest BCUT2D eigenvalue weighted by atomic mass is 10.0. The van der Waals surface area contributed by atoms with Gasteiger partial charge < -0.3 is 5.32 Å². The number of aromatic nitrogens is 1. The summed E-state index contributed by atoms with van der Waals surface area (Å²) in [6.07, 6.45) is 5.90. The summed E-state index contributed by atoms with van der Waals surface area (Å²) >= 11 is 0. The number of fused-ring (bicyclic) bond motifs is 1. The van der Waals surface area contributed by atoms with Crippen LogP contribution in [0.2, 0.25) is 0 Å². The molecule has 1 fully saturated rings. The third-order valence-electron chi connectivity index (χ3n) is 6.26. The lowest BCUT2D eigenvalue weighted by Gasteiger charge is -2.41. The predicted molar refractivity (Wildman–Crippen MR) is 139 cm³/mol.